The van der Waals surface area contributed by atoms with Gasteiger partial charge in [0.15, 0.2) is 6.61 Å². The minimum absolute atomic E-state index is 0.230. The summed E-state index contributed by atoms with van der Waals surface area (Å²) in [5.74, 6) is -0.159. The van der Waals surface area contributed by atoms with Crippen LogP contribution in [0.3, 0.4) is 0 Å². The number of allylic oxidation sites excluding steroid dienone is 1. The van der Waals surface area contributed by atoms with Crippen molar-refractivity contribution in [2.45, 2.75) is 13.0 Å². The van der Waals surface area contributed by atoms with E-state index in [9.17, 15) is 14.4 Å². The van der Waals surface area contributed by atoms with Crippen LogP contribution in [0.15, 0.2) is 58.2 Å². The van der Waals surface area contributed by atoms with E-state index in [1.54, 1.807) is 49.4 Å². The summed E-state index contributed by atoms with van der Waals surface area (Å²) in [6.45, 7) is 1.30. The van der Waals surface area contributed by atoms with Gasteiger partial charge in [-0.15, -0.1) is 0 Å². The standard InChI is InChI=1S/C22H22BrN3O6/c1-12-19(21(28)31-3)20(26-22(29)24-12)14-10-13(23)8-9-16(14)32-11-18(27)25-15-6-4-5-7-17(15)30-2/h4-10,20H,11H2,1-3H3,(H,25,27)(H2,24,26,29). The van der Waals surface area contributed by atoms with Crippen molar-refractivity contribution < 1.29 is 28.6 Å². The highest BCUT2D eigenvalue weighted by atomic mass is 79.9. The van der Waals surface area contributed by atoms with E-state index in [0.29, 0.717) is 32.9 Å². The molecule has 0 radical (unpaired) electrons. The molecule has 1 heterocycles. The van der Waals surface area contributed by atoms with Crippen molar-refractivity contribution in [3.63, 3.8) is 0 Å². The van der Waals surface area contributed by atoms with E-state index in [4.69, 9.17) is 14.2 Å². The van der Waals surface area contributed by atoms with Crippen LogP contribution in [-0.2, 0) is 14.3 Å². The second-order valence-electron chi connectivity index (χ2n) is 6.78. The summed E-state index contributed by atoms with van der Waals surface area (Å²) < 4.78 is 16.6. The predicted molar refractivity (Wildman–Crippen MR) is 120 cm³/mol. The van der Waals surface area contributed by atoms with Crippen molar-refractivity contribution in [1.82, 2.24) is 10.6 Å². The van der Waals surface area contributed by atoms with Crippen molar-refractivity contribution in [2.75, 3.05) is 26.1 Å². The molecule has 1 aliphatic rings. The fraction of sp³-hybridized carbons (Fsp3) is 0.227. The van der Waals surface area contributed by atoms with Gasteiger partial charge in [-0.2, -0.15) is 0 Å². The molecule has 9 nitrogen and oxygen atoms in total. The van der Waals surface area contributed by atoms with E-state index in [1.165, 1.54) is 14.2 Å². The lowest BCUT2D eigenvalue weighted by Gasteiger charge is -2.29. The van der Waals surface area contributed by atoms with Crippen LogP contribution in [0.4, 0.5) is 10.5 Å². The average Bonchev–Trinajstić information content (AvgIpc) is 2.77. The highest BCUT2D eigenvalue weighted by molar-refractivity contribution is 9.10. The molecular formula is C22H22BrN3O6. The first-order chi connectivity index (χ1) is 15.3. The SMILES string of the molecule is COC(=O)C1=C(C)NC(=O)NC1c1cc(Br)ccc1OCC(=O)Nc1ccccc1OC. The molecule has 3 N–H and O–H groups in total. The van der Waals surface area contributed by atoms with E-state index >= 15 is 0 Å². The maximum absolute atomic E-state index is 12.5. The summed E-state index contributed by atoms with van der Waals surface area (Å²) in [6, 6.07) is 10.8. The number of nitrogens with one attached hydrogen (secondary N) is 3. The monoisotopic (exact) mass is 503 g/mol. The number of halogens is 1. The molecule has 0 bridgehead atoms. The molecule has 2 aromatic rings. The van der Waals surface area contributed by atoms with E-state index in [2.05, 4.69) is 31.9 Å². The molecule has 1 atom stereocenters. The molecule has 0 fully saturated rings. The minimum Gasteiger partial charge on any atom is -0.495 e. The van der Waals surface area contributed by atoms with Crippen molar-refractivity contribution in [3.8, 4) is 11.5 Å². The number of benzene rings is 2. The third kappa shape index (κ3) is 5.20. The lowest BCUT2D eigenvalue weighted by Crippen LogP contribution is -2.45. The Morgan fingerprint density at radius 3 is 2.59 bits per heavy atom. The zero-order chi connectivity index (χ0) is 23.3. The Morgan fingerprint density at radius 1 is 1.12 bits per heavy atom. The summed E-state index contributed by atoms with van der Waals surface area (Å²) in [5, 5.41) is 8.01. The molecule has 32 heavy (non-hydrogen) atoms. The second kappa shape index (κ2) is 10.2. The highest BCUT2D eigenvalue weighted by Crippen LogP contribution is 2.35. The van der Waals surface area contributed by atoms with Gasteiger partial charge < -0.3 is 30.2 Å². The summed E-state index contributed by atoms with van der Waals surface area (Å²) in [4.78, 5) is 37.0. The van der Waals surface area contributed by atoms with Gasteiger partial charge in [0, 0.05) is 15.7 Å². The Balaban J connectivity index is 1.85. The zero-order valence-corrected chi connectivity index (χ0v) is 19.2. The number of anilines is 1. The summed E-state index contributed by atoms with van der Waals surface area (Å²) in [6.07, 6.45) is 0. The van der Waals surface area contributed by atoms with Crippen LogP contribution in [0.1, 0.15) is 18.5 Å². The fourth-order valence-corrected chi connectivity index (χ4v) is 3.64. The van der Waals surface area contributed by atoms with E-state index in [1.807, 2.05) is 0 Å². The quantitative estimate of drug-likeness (QED) is 0.499. The third-order valence-electron chi connectivity index (χ3n) is 4.70. The average molecular weight is 504 g/mol. The van der Waals surface area contributed by atoms with Gasteiger partial charge in [-0.05, 0) is 37.3 Å². The fourth-order valence-electron chi connectivity index (χ4n) is 3.26. The number of rotatable bonds is 7. The molecule has 1 unspecified atom stereocenters. The molecule has 2 aromatic carbocycles. The van der Waals surface area contributed by atoms with Crippen molar-refractivity contribution in [1.29, 1.82) is 0 Å². The Hall–Kier alpha value is -3.53. The lowest BCUT2D eigenvalue weighted by atomic mass is 9.95. The first-order valence-corrected chi connectivity index (χ1v) is 10.3. The number of amides is 3. The van der Waals surface area contributed by atoms with Crippen LogP contribution < -0.4 is 25.4 Å². The molecule has 0 aromatic heterocycles. The molecule has 0 spiro atoms. The van der Waals surface area contributed by atoms with Crippen LogP contribution in [0.5, 0.6) is 11.5 Å². The lowest BCUT2D eigenvalue weighted by molar-refractivity contribution is -0.136. The topological polar surface area (TPSA) is 115 Å². The molecule has 0 saturated carbocycles. The highest BCUT2D eigenvalue weighted by Gasteiger charge is 2.34. The van der Waals surface area contributed by atoms with Gasteiger partial charge in [0.2, 0.25) is 0 Å². The van der Waals surface area contributed by atoms with E-state index in [-0.39, 0.29) is 12.2 Å². The van der Waals surface area contributed by atoms with Gasteiger partial charge in [-0.25, -0.2) is 9.59 Å². The van der Waals surface area contributed by atoms with Crippen LogP contribution in [-0.4, -0.2) is 38.7 Å². The molecule has 168 valence electrons. The van der Waals surface area contributed by atoms with Crippen molar-refractivity contribution in [3.05, 3.63) is 63.8 Å². The number of hydrogen-bond acceptors (Lipinski definition) is 6. The minimum atomic E-state index is -0.832. The van der Waals surface area contributed by atoms with Gasteiger partial charge in [0.1, 0.15) is 11.5 Å². The Bertz CT molecular complexity index is 1090. The summed E-state index contributed by atoms with van der Waals surface area (Å²) in [7, 11) is 2.77. The Kier molecular flexibility index (Phi) is 7.37. The van der Waals surface area contributed by atoms with Crippen LogP contribution >= 0.6 is 15.9 Å². The van der Waals surface area contributed by atoms with Gasteiger partial charge in [-0.1, -0.05) is 28.1 Å². The number of carbonyl (C=O) groups is 3. The first-order valence-electron chi connectivity index (χ1n) is 9.55. The second-order valence-corrected chi connectivity index (χ2v) is 7.70. The molecule has 3 amide bonds. The largest absolute Gasteiger partial charge is 0.495 e. The number of methoxy groups -OCH3 is 2. The first kappa shape index (κ1) is 23.1. The third-order valence-corrected chi connectivity index (χ3v) is 5.19. The molecule has 0 aliphatic carbocycles. The van der Waals surface area contributed by atoms with Gasteiger partial charge in [0.25, 0.3) is 5.91 Å². The number of para-hydroxylation sites is 2. The number of ether oxygens (including phenoxy) is 3. The van der Waals surface area contributed by atoms with Crippen molar-refractivity contribution in [2.24, 2.45) is 0 Å². The Morgan fingerprint density at radius 2 is 1.88 bits per heavy atom. The molecule has 10 heteroatoms. The zero-order valence-electron chi connectivity index (χ0n) is 17.7. The van der Waals surface area contributed by atoms with Crippen LogP contribution in [0, 0.1) is 0 Å². The smallest absolute Gasteiger partial charge is 0.337 e. The molecule has 0 saturated heterocycles. The maximum atomic E-state index is 12.5. The maximum Gasteiger partial charge on any atom is 0.337 e. The normalized spacial score (nSPS) is 15.4. The number of carbonyl (C=O) groups excluding carboxylic acids is 3. The number of urea groups is 1. The Labute approximate surface area is 193 Å². The number of esters is 1. The number of hydrogen-bond donors (Lipinski definition) is 3. The molecular weight excluding hydrogens is 482 g/mol. The van der Waals surface area contributed by atoms with Gasteiger partial charge in [0.05, 0.1) is 31.5 Å². The predicted octanol–water partition coefficient (Wildman–Crippen LogP) is 3.28. The molecule has 1 aliphatic heterocycles. The van der Waals surface area contributed by atoms with Crippen molar-refractivity contribution >= 4 is 39.5 Å². The van der Waals surface area contributed by atoms with Crippen LogP contribution in [0.2, 0.25) is 0 Å². The summed E-state index contributed by atoms with van der Waals surface area (Å²) in [5.41, 5.74) is 1.59. The van der Waals surface area contributed by atoms with E-state index in [0.717, 1.165) is 0 Å². The summed E-state index contributed by atoms with van der Waals surface area (Å²) >= 11 is 3.40. The van der Waals surface area contributed by atoms with E-state index < -0.39 is 23.9 Å². The molecule has 3 rings (SSSR count). The van der Waals surface area contributed by atoms with Gasteiger partial charge >= 0.3 is 12.0 Å². The van der Waals surface area contributed by atoms with Crippen LogP contribution in [0.25, 0.3) is 0 Å². The van der Waals surface area contributed by atoms with Gasteiger partial charge in [-0.3, -0.25) is 4.79 Å².